The molecule has 58 heavy (non-hydrogen) atoms. The molecule has 0 amide bonds. The molecule has 2 aromatic rings. The fraction of sp³-hybridized carbons (Fsp3) is 0.421. The lowest BCUT2D eigenvalue weighted by Crippen LogP contribution is -2.32. The molecule has 0 saturated heterocycles. The summed E-state index contributed by atoms with van der Waals surface area (Å²) in [5, 5.41) is 21.5. The Labute approximate surface area is 344 Å². The van der Waals surface area contributed by atoms with Crippen molar-refractivity contribution in [1.82, 2.24) is 4.31 Å². The molecule has 0 unspecified atom stereocenters. The minimum atomic E-state index is -4.34. The van der Waals surface area contributed by atoms with Crippen molar-refractivity contribution in [1.29, 1.82) is 0 Å². The summed E-state index contributed by atoms with van der Waals surface area (Å²) in [7, 11) is -11.4. The Kier molecular flexibility index (Phi) is 15.5. The van der Waals surface area contributed by atoms with Crippen LogP contribution in [0.2, 0.25) is 0 Å². The van der Waals surface area contributed by atoms with Crippen LogP contribution < -0.4 is 4.90 Å². The number of likely N-dealkylation sites (N-methyl/N-ethyl adjacent to an activating group) is 1. The molecule has 0 bridgehead atoms. The average Bonchev–Trinajstić information content (AvgIpc) is 3.46. The summed E-state index contributed by atoms with van der Waals surface area (Å²) in [4.78, 5) is 13.9. The maximum absolute atomic E-state index is 13.3. The molecule has 0 saturated carbocycles. The van der Waals surface area contributed by atoms with Crippen LogP contribution in [0.3, 0.4) is 0 Å². The van der Waals surface area contributed by atoms with Gasteiger partial charge in [-0.1, -0.05) is 49.3 Å². The SMILES string of the molecule is CN(CC(=O)O)S(=O)(=O)c1ccc2c(c1)C(C)(C)\C(=C/C=C/C=C/C=C/C1=[N+](CCCCS(=O)(=O)[O-])c3ccc(SOOO)cc3C1(C)C)N2CCCCS(=O)(=O)O. The number of aliphatic carboxylic acids is 1. The van der Waals surface area contributed by atoms with Crippen molar-refractivity contribution in [2.45, 2.75) is 74.0 Å². The highest BCUT2D eigenvalue weighted by Crippen LogP contribution is 2.49. The smallest absolute Gasteiger partial charge is 0.318 e. The van der Waals surface area contributed by atoms with Gasteiger partial charge in [-0.05, 0) is 75.1 Å². The second kappa shape index (κ2) is 19.1. The van der Waals surface area contributed by atoms with E-state index in [1.165, 1.54) is 19.2 Å². The molecule has 3 N–H and O–H groups in total. The Balaban J connectivity index is 1.61. The summed E-state index contributed by atoms with van der Waals surface area (Å²) in [5.41, 5.74) is 3.77. The summed E-state index contributed by atoms with van der Waals surface area (Å²) in [6, 6.07) is 10.2. The van der Waals surface area contributed by atoms with Crippen LogP contribution in [0.15, 0.2) is 94.4 Å². The van der Waals surface area contributed by atoms with Gasteiger partial charge in [-0.3, -0.25) is 9.35 Å². The second-order valence-corrected chi connectivity index (χ2v) is 20.7. The third-order valence-electron chi connectivity index (χ3n) is 9.97. The maximum atomic E-state index is 13.3. The Hall–Kier alpha value is -3.70. The average molecular weight is 884 g/mol. The van der Waals surface area contributed by atoms with E-state index < -0.39 is 65.1 Å². The number of fused-ring (bicyclic) bond motifs is 2. The summed E-state index contributed by atoms with van der Waals surface area (Å²) in [5.74, 6) is -2.15. The van der Waals surface area contributed by atoms with Gasteiger partial charge in [0.25, 0.3) is 10.1 Å². The van der Waals surface area contributed by atoms with Crippen LogP contribution in [-0.2, 0) is 55.3 Å². The van der Waals surface area contributed by atoms with Crippen molar-refractivity contribution < 1.29 is 63.5 Å². The molecule has 4 rings (SSSR count). The zero-order valence-corrected chi connectivity index (χ0v) is 36.0. The minimum absolute atomic E-state index is 0.0640. The van der Waals surface area contributed by atoms with Crippen LogP contribution in [0.1, 0.15) is 64.5 Å². The molecular weight excluding hydrogens is 835 g/mol. The zero-order chi connectivity index (χ0) is 43.1. The number of sulfonamides is 1. The lowest BCUT2D eigenvalue weighted by Gasteiger charge is -2.27. The topological polar surface area (TPSA) is 231 Å². The van der Waals surface area contributed by atoms with Crippen molar-refractivity contribution in [3.05, 3.63) is 95.8 Å². The van der Waals surface area contributed by atoms with E-state index in [1.54, 1.807) is 12.1 Å². The molecule has 0 fully saturated rings. The van der Waals surface area contributed by atoms with Gasteiger partial charge in [0.1, 0.15) is 13.1 Å². The van der Waals surface area contributed by atoms with Gasteiger partial charge in [0.15, 0.2) is 5.71 Å². The zero-order valence-electron chi connectivity index (χ0n) is 32.8. The number of unbranched alkanes of at least 4 members (excludes halogenated alkanes) is 2. The molecule has 2 aliphatic rings. The van der Waals surface area contributed by atoms with Gasteiger partial charge >= 0.3 is 5.97 Å². The lowest BCUT2D eigenvalue weighted by molar-refractivity contribution is -0.438. The summed E-state index contributed by atoms with van der Waals surface area (Å²) >= 11 is 0.837. The Morgan fingerprint density at radius 2 is 1.57 bits per heavy atom. The van der Waals surface area contributed by atoms with Crippen LogP contribution >= 0.6 is 12.0 Å². The van der Waals surface area contributed by atoms with Gasteiger partial charge in [-0.15, -0.1) is 4.33 Å². The molecule has 0 spiro atoms. The highest BCUT2D eigenvalue weighted by atomic mass is 32.2. The van der Waals surface area contributed by atoms with E-state index >= 15 is 0 Å². The van der Waals surface area contributed by atoms with Gasteiger partial charge in [-0.25, -0.2) is 22.1 Å². The van der Waals surface area contributed by atoms with Crippen LogP contribution in [-0.4, -0.2) is 103 Å². The number of carboxylic acids is 1. The van der Waals surface area contributed by atoms with Crippen molar-refractivity contribution in [3.63, 3.8) is 0 Å². The fourth-order valence-corrected chi connectivity index (χ4v) is 9.77. The van der Waals surface area contributed by atoms with Gasteiger partial charge in [0, 0.05) is 65.2 Å². The first-order valence-corrected chi connectivity index (χ1v) is 23.5. The third-order valence-corrected chi connectivity index (χ3v) is 13.9. The quantitative estimate of drug-likeness (QED) is 0.0266. The minimum Gasteiger partial charge on any atom is -0.748 e. The van der Waals surface area contributed by atoms with Gasteiger partial charge < -0.3 is 14.6 Å². The monoisotopic (exact) mass is 883 g/mol. The van der Waals surface area contributed by atoms with Crippen molar-refractivity contribution in [2.24, 2.45) is 0 Å². The van der Waals surface area contributed by atoms with E-state index in [2.05, 4.69) is 13.9 Å². The summed E-state index contributed by atoms with van der Waals surface area (Å²) in [6.45, 7) is 8.07. The van der Waals surface area contributed by atoms with Crippen LogP contribution in [0, 0.1) is 0 Å². The highest BCUT2D eigenvalue weighted by molar-refractivity contribution is 7.94. The van der Waals surface area contributed by atoms with Gasteiger partial charge in [0.2, 0.25) is 15.7 Å². The molecule has 0 radical (unpaired) electrons. The van der Waals surface area contributed by atoms with Gasteiger partial charge in [0.05, 0.1) is 38.2 Å². The van der Waals surface area contributed by atoms with Gasteiger partial charge in [-0.2, -0.15) is 17.3 Å². The number of carboxylic acid groups (broad SMARTS) is 1. The Morgan fingerprint density at radius 1 is 0.897 bits per heavy atom. The van der Waals surface area contributed by atoms with Crippen LogP contribution in [0.25, 0.3) is 0 Å². The molecule has 0 atom stereocenters. The molecule has 318 valence electrons. The van der Waals surface area contributed by atoms with Crippen LogP contribution in [0.4, 0.5) is 11.4 Å². The highest BCUT2D eigenvalue weighted by Gasteiger charge is 2.44. The summed E-state index contributed by atoms with van der Waals surface area (Å²) < 4.78 is 99.6. The first-order chi connectivity index (χ1) is 27.0. The maximum Gasteiger partial charge on any atom is 0.318 e. The first-order valence-electron chi connectivity index (χ1n) is 18.2. The number of nitrogens with zero attached hydrogens (tertiary/aromatic N) is 3. The molecule has 16 nitrogen and oxygen atoms in total. The number of anilines is 1. The standard InChI is InChI=1S/C38H49N3O13S4/c1-37(2)30-25-28(55-54-53-44)17-19-32(30)40(21-11-13-23-56(45,46)47)34(37)15-9-7-6-8-10-16-35-38(3,4)31-26-29(58(51,52)39(5)27-36(42)43)18-20-33(31)41(35)22-12-14-24-57(48,49)50/h6-10,15-20,25-26H,11-14,21-24,27H2,1-5H3,(H3-,42,43,44,45,46,47,48,49,50). The van der Waals surface area contributed by atoms with E-state index in [-0.39, 0.29) is 17.7 Å². The number of benzene rings is 2. The molecular formula is C38H49N3O13S4. The molecule has 0 aliphatic carbocycles. The van der Waals surface area contributed by atoms with E-state index in [1.807, 2.05) is 87.3 Å². The summed E-state index contributed by atoms with van der Waals surface area (Å²) in [6.07, 6.45) is 14.3. The number of allylic oxidation sites excluding steroid dienone is 8. The Morgan fingerprint density at radius 3 is 2.22 bits per heavy atom. The number of rotatable bonds is 21. The van der Waals surface area contributed by atoms with E-state index in [9.17, 15) is 44.3 Å². The second-order valence-electron chi connectivity index (χ2n) is 14.8. The molecule has 2 heterocycles. The molecule has 0 aromatic heterocycles. The Bertz CT molecular complexity index is 2350. The molecule has 2 aliphatic heterocycles. The van der Waals surface area contributed by atoms with E-state index in [0.29, 0.717) is 42.1 Å². The van der Waals surface area contributed by atoms with E-state index in [4.69, 9.17) is 5.26 Å². The lowest BCUT2D eigenvalue weighted by atomic mass is 9.81. The number of hydrogen-bond donors (Lipinski definition) is 3. The van der Waals surface area contributed by atoms with Crippen molar-refractivity contribution in [3.8, 4) is 0 Å². The largest absolute Gasteiger partial charge is 0.748 e. The fourth-order valence-electron chi connectivity index (χ4n) is 7.10. The van der Waals surface area contributed by atoms with Crippen molar-refractivity contribution >= 4 is 65.4 Å². The third kappa shape index (κ3) is 11.7. The van der Waals surface area contributed by atoms with Crippen LogP contribution in [0.5, 0.6) is 0 Å². The number of carbonyl (C=O) groups is 1. The first kappa shape index (κ1) is 47.0. The molecule has 2 aromatic carbocycles. The molecule has 20 heteroatoms. The number of hydrogen-bond acceptors (Lipinski definition) is 13. The predicted molar refractivity (Wildman–Crippen MR) is 219 cm³/mol. The van der Waals surface area contributed by atoms with Crippen molar-refractivity contribution in [2.75, 3.05) is 43.1 Å². The van der Waals surface area contributed by atoms with E-state index in [0.717, 1.165) is 39.0 Å². The normalized spacial score (nSPS) is 17.5. The predicted octanol–water partition coefficient (Wildman–Crippen LogP) is 5.54.